The number of phenolic OH excluding ortho intramolecular Hbond substituents is 2. The van der Waals surface area contributed by atoms with Crippen LogP contribution in [0, 0.1) is 40.9 Å². The Labute approximate surface area is 475 Å². The monoisotopic (exact) mass is 1090 g/mol. The van der Waals surface area contributed by atoms with Crippen LogP contribution >= 0.6 is 0 Å². The van der Waals surface area contributed by atoms with E-state index in [0.29, 0.717) is 17.2 Å². The van der Waals surface area contributed by atoms with Gasteiger partial charge in [0, 0.05) is 71.7 Å². The van der Waals surface area contributed by atoms with Crippen molar-refractivity contribution in [3.8, 4) is 67.8 Å². The van der Waals surface area contributed by atoms with Crippen LogP contribution < -0.4 is 4.74 Å². The predicted octanol–water partition coefficient (Wildman–Crippen LogP) is 19.2. The summed E-state index contributed by atoms with van der Waals surface area (Å²) < 4.78 is 7.01. The van der Waals surface area contributed by atoms with E-state index in [4.69, 9.17) is 9.72 Å². The molecule has 8 bridgehead atoms. The van der Waals surface area contributed by atoms with Crippen LogP contribution in [-0.4, -0.2) is 15.2 Å². The summed E-state index contributed by atoms with van der Waals surface area (Å²) in [5.41, 5.74) is 13.2. The predicted molar refractivity (Wildman–Crippen MR) is 310 cm³/mol. The minimum atomic E-state index is -0.125. The van der Waals surface area contributed by atoms with E-state index in [9.17, 15) is 10.2 Å². The van der Waals surface area contributed by atoms with E-state index in [-0.39, 0.29) is 58.7 Å². The smallest absolute Gasteiger partial charge is 0.131 e. The summed E-state index contributed by atoms with van der Waals surface area (Å²) in [7, 11) is 0. The summed E-state index contributed by atoms with van der Waals surface area (Å²) in [6, 6.07) is 39.3. The van der Waals surface area contributed by atoms with Gasteiger partial charge in [0.15, 0.2) is 0 Å². The fourth-order valence-corrected chi connectivity index (χ4v) is 17.5. The molecular weight excluding hydrogens is 1010 g/mol. The Bertz CT molecular complexity index is 2930. The first-order valence-corrected chi connectivity index (χ1v) is 29.2. The Balaban J connectivity index is 0.00000616. The summed E-state index contributed by atoms with van der Waals surface area (Å²) >= 11 is 0. The van der Waals surface area contributed by atoms with E-state index in [1.165, 1.54) is 93.7 Å². The molecule has 0 aliphatic heterocycles. The Morgan fingerprint density at radius 3 is 1.13 bits per heavy atom. The van der Waals surface area contributed by atoms with Gasteiger partial charge in [-0.1, -0.05) is 149 Å². The van der Waals surface area contributed by atoms with Crippen LogP contribution in [0.2, 0.25) is 0 Å². The second-order valence-corrected chi connectivity index (χ2v) is 29.6. The maximum Gasteiger partial charge on any atom is 0.131 e. The van der Waals surface area contributed by atoms with Gasteiger partial charge in [-0.2, -0.15) is 0 Å². The topological polar surface area (TPSA) is 62.6 Å². The Morgan fingerprint density at radius 2 is 0.789 bits per heavy atom. The number of aromatic hydroxyl groups is 2. The molecule has 396 valence electrons. The van der Waals surface area contributed by atoms with Gasteiger partial charge in [-0.3, -0.25) is 0 Å². The van der Waals surface area contributed by atoms with Gasteiger partial charge >= 0.3 is 0 Å². The van der Waals surface area contributed by atoms with Crippen molar-refractivity contribution < 1.29 is 41.2 Å². The molecule has 5 heteroatoms. The molecule has 76 heavy (non-hydrogen) atoms. The maximum atomic E-state index is 13.0. The number of hydrogen-bond donors (Lipinski definition) is 2. The van der Waals surface area contributed by atoms with Crippen molar-refractivity contribution in [2.75, 3.05) is 0 Å². The van der Waals surface area contributed by atoms with Crippen molar-refractivity contribution in [2.24, 2.45) is 40.9 Å². The number of hydrogen-bond acceptors (Lipinski definition) is 4. The molecule has 6 aromatic rings. The molecule has 1 heterocycles. The number of benzene rings is 5. The Hall–Kier alpha value is -4.47. The first-order valence-electron chi connectivity index (χ1n) is 29.2. The maximum absolute atomic E-state index is 13.0. The van der Waals surface area contributed by atoms with Crippen LogP contribution in [-0.2, 0) is 53.3 Å². The normalized spacial score (nSPS) is 26.7. The molecule has 14 rings (SSSR count). The number of rotatable bonds is 10. The third-order valence-electron chi connectivity index (χ3n) is 19.8. The number of aromatic nitrogens is 1. The minimum Gasteiger partial charge on any atom is -0.507 e. The van der Waals surface area contributed by atoms with E-state index >= 15 is 0 Å². The fraction of sp³-hybridized carbons (Fsp3) is 0.507. The van der Waals surface area contributed by atoms with Crippen molar-refractivity contribution in [3.63, 3.8) is 0 Å². The molecule has 0 saturated heterocycles. The Morgan fingerprint density at radius 1 is 0.434 bits per heavy atom. The number of ether oxygens (including phenoxy) is 1. The summed E-state index contributed by atoms with van der Waals surface area (Å²) in [6.07, 6.45) is 16.3. The van der Waals surface area contributed by atoms with Gasteiger partial charge in [0.1, 0.15) is 23.0 Å². The van der Waals surface area contributed by atoms with Crippen LogP contribution in [0.25, 0.3) is 44.8 Å². The first kappa shape index (κ1) is 53.5. The van der Waals surface area contributed by atoms with Crippen molar-refractivity contribution in [3.05, 3.63) is 137 Å². The second-order valence-electron chi connectivity index (χ2n) is 29.6. The van der Waals surface area contributed by atoms with Gasteiger partial charge in [-0.15, -0.1) is 0 Å². The van der Waals surface area contributed by atoms with Crippen LogP contribution in [0.3, 0.4) is 0 Å². The SMILES string of the molecule is CC(C)(C)CC(C)(C)c1ccc(Oc2cc(-c3ccccc3-c3cc(C(C)(C)C)cc(C45CC6CC(CC(C6)C4)C5)c3O)nc(-c3ccccc3-c3cc(C(C)(C)C)cc(C45CC6CC(CC(C6)C4)C5)c3O)c2)cc1.[Zr]. The van der Waals surface area contributed by atoms with Crippen molar-refractivity contribution in [1.29, 1.82) is 0 Å². The molecular formula is C71H85NO3Zr. The fourth-order valence-electron chi connectivity index (χ4n) is 17.5. The summed E-state index contributed by atoms with van der Waals surface area (Å²) in [5, 5.41) is 25.9. The van der Waals surface area contributed by atoms with Gasteiger partial charge in [-0.05, 0) is 204 Å². The van der Waals surface area contributed by atoms with Crippen LogP contribution in [0.5, 0.6) is 23.0 Å². The van der Waals surface area contributed by atoms with Crippen LogP contribution in [0.15, 0.2) is 109 Å². The van der Waals surface area contributed by atoms with Gasteiger partial charge in [0.2, 0.25) is 0 Å². The summed E-state index contributed by atoms with van der Waals surface area (Å²) in [6.45, 7) is 25.5. The molecule has 0 atom stereocenters. The van der Waals surface area contributed by atoms with Gasteiger partial charge in [-0.25, -0.2) is 4.98 Å². The van der Waals surface area contributed by atoms with E-state index in [1.807, 2.05) is 0 Å². The molecule has 0 radical (unpaired) electrons. The van der Waals surface area contributed by atoms with Gasteiger partial charge in [0.05, 0.1) is 11.4 Å². The van der Waals surface area contributed by atoms with Crippen LogP contribution in [0.4, 0.5) is 0 Å². The molecule has 5 aromatic carbocycles. The average Bonchev–Trinajstić information content (AvgIpc) is 3.40. The second kappa shape index (κ2) is 19.1. The number of pyridine rings is 1. The molecule has 0 spiro atoms. The van der Waals surface area contributed by atoms with Crippen molar-refractivity contribution in [1.82, 2.24) is 4.98 Å². The van der Waals surface area contributed by atoms with Gasteiger partial charge < -0.3 is 14.9 Å². The zero-order chi connectivity index (χ0) is 52.6. The molecule has 1 aromatic heterocycles. The summed E-state index contributed by atoms with van der Waals surface area (Å²) in [4.78, 5) is 5.68. The molecule has 8 aliphatic carbocycles. The minimum absolute atomic E-state index is 0. The van der Waals surface area contributed by atoms with E-state index in [2.05, 4.69) is 185 Å². The van der Waals surface area contributed by atoms with E-state index in [0.717, 1.165) is 104 Å². The van der Waals surface area contributed by atoms with E-state index < -0.39 is 0 Å². The summed E-state index contributed by atoms with van der Waals surface area (Å²) in [5.74, 6) is 6.86. The van der Waals surface area contributed by atoms with E-state index in [1.54, 1.807) is 0 Å². The molecule has 8 saturated carbocycles. The molecule has 8 fully saturated rings. The number of nitrogens with zero attached hydrogens (tertiary/aromatic N) is 1. The van der Waals surface area contributed by atoms with Gasteiger partial charge in [0.25, 0.3) is 0 Å². The first-order chi connectivity index (χ1) is 35.4. The quantitative estimate of drug-likeness (QED) is 0.143. The largest absolute Gasteiger partial charge is 0.507 e. The third kappa shape index (κ3) is 9.91. The van der Waals surface area contributed by atoms with Crippen LogP contribution in [0.1, 0.15) is 187 Å². The molecule has 0 amide bonds. The van der Waals surface area contributed by atoms with Crippen molar-refractivity contribution in [2.45, 2.75) is 187 Å². The van der Waals surface area contributed by atoms with Crippen molar-refractivity contribution >= 4 is 0 Å². The molecule has 2 N–H and O–H groups in total. The molecule has 0 unspecified atom stereocenters. The third-order valence-corrected chi connectivity index (χ3v) is 19.8. The zero-order valence-corrected chi connectivity index (χ0v) is 50.3. The number of phenols is 2. The molecule has 8 aliphatic rings. The standard InChI is InChI=1S/C71H85NO3.Zr/c1-66(2,3)42-69(10,11)49-20-22-52(23-21-49)75-53-34-62(56-18-14-12-16-54(56)58-30-50(67(4,5)6)32-60(64(58)73)70-36-43-24-44(37-70)26-45(25-43)38-70)72-63(35-53)57-19-15-13-17-55(57)59-31-51(68(7,8)9)33-61(65(59)74)71-39-46-27-47(40-71)29-48(28-46)41-71;/h12-23,30-35,43-48,73-74H,24-29,36-42H2,1-11H3;. The molecule has 4 nitrogen and oxygen atoms in total. The zero-order valence-electron chi connectivity index (χ0n) is 47.8. The Kier molecular flexibility index (Phi) is 13.5. The average molecular weight is 1090 g/mol.